The fourth-order valence-electron chi connectivity index (χ4n) is 0.688. The first kappa shape index (κ1) is 11.3. The van der Waals surface area contributed by atoms with Crippen molar-refractivity contribution < 1.29 is 5.02 Å². The molecule has 0 radical (unpaired) electrons. The fourth-order valence-corrected chi connectivity index (χ4v) is 0.688. The van der Waals surface area contributed by atoms with Crippen molar-refractivity contribution in [1.82, 2.24) is 5.23 Å². The highest BCUT2D eigenvalue weighted by Gasteiger charge is 2.03. The first-order valence-corrected chi connectivity index (χ1v) is 4.18. The molecule has 0 spiro atoms. The van der Waals surface area contributed by atoms with Crippen LogP contribution in [0, 0.1) is 0 Å². The number of nitrogens with two attached hydrogens (primary N) is 1. The number of hydrogen-bond donors (Lipinski definition) is 3. The van der Waals surface area contributed by atoms with E-state index in [4.69, 9.17) is 10.8 Å². The predicted octanol–water partition coefficient (Wildman–Crippen LogP) is 0.495. The molecule has 0 heterocycles. The van der Waals surface area contributed by atoms with Gasteiger partial charge in [-0.25, -0.2) is 0 Å². The zero-order valence-electron chi connectivity index (χ0n) is 7.75. The van der Waals surface area contributed by atoms with Crippen molar-refractivity contribution >= 4 is 7.05 Å². The smallest absolute Gasteiger partial charge is 0.380 e. The minimum absolute atomic E-state index is 0.501. The minimum Gasteiger partial charge on any atom is -0.437 e. The number of allylic oxidation sites excluding steroid dienone is 3. The van der Waals surface area contributed by atoms with Gasteiger partial charge in [0.1, 0.15) is 0 Å². The van der Waals surface area contributed by atoms with E-state index in [-0.39, 0.29) is 0 Å². The summed E-state index contributed by atoms with van der Waals surface area (Å²) in [5.41, 5.74) is 6.30. The molecule has 0 amide bonds. The van der Waals surface area contributed by atoms with E-state index >= 15 is 0 Å². The van der Waals surface area contributed by atoms with Gasteiger partial charge < -0.3 is 16.0 Å². The zero-order chi connectivity index (χ0) is 9.40. The van der Waals surface area contributed by atoms with E-state index in [1.165, 1.54) is 0 Å². The Bertz CT molecular complexity index is 168. The monoisotopic (exact) mass is 168 g/mol. The van der Waals surface area contributed by atoms with Crippen LogP contribution in [0.15, 0.2) is 23.9 Å². The summed E-state index contributed by atoms with van der Waals surface area (Å²) in [5, 5.41) is 11.8. The van der Waals surface area contributed by atoms with E-state index in [1.54, 1.807) is 13.1 Å². The molecule has 0 saturated carbocycles. The number of hydrogen-bond acceptors (Lipinski definition) is 3. The van der Waals surface area contributed by atoms with E-state index in [1.807, 2.05) is 19.1 Å². The second-order valence-electron chi connectivity index (χ2n) is 2.55. The van der Waals surface area contributed by atoms with E-state index in [2.05, 4.69) is 5.23 Å². The Morgan fingerprint density at radius 3 is 2.83 bits per heavy atom. The Hall–Kier alpha value is -0.735. The third kappa shape index (κ3) is 6.01. The lowest BCUT2D eigenvalue weighted by Crippen LogP contribution is -2.29. The van der Waals surface area contributed by atoms with Crippen LogP contribution < -0.4 is 11.0 Å². The average Bonchev–Trinajstić information content (AvgIpc) is 2.10. The largest absolute Gasteiger partial charge is 0.437 e. The fraction of sp³-hybridized carbons (Fsp3) is 0.500. The van der Waals surface area contributed by atoms with Crippen LogP contribution in [-0.4, -0.2) is 19.1 Å². The topological polar surface area (TPSA) is 58.3 Å². The van der Waals surface area contributed by atoms with Gasteiger partial charge in [-0.05, 0) is 25.9 Å². The van der Waals surface area contributed by atoms with Crippen molar-refractivity contribution in [3.05, 3.63) is 23.9 Å². The van der Waals surface area contributed by atoms with Crippen LogP contribution in [0.4, 0.5) is 0 Å². The Labute approximate surface area is 74.5 Å². The molecule has 0 bridgehead atoms. The van der Waals surface area contributed by atoms with E-state index < -0.39 is 7.05 Å². The molecule has 0 aromatic heterocycles. The molecule has 0 atom stereocenters. The molecule has 0 aliphatic carbocycles. The van der Waals surface area contributed by atoms with Gasteiger partial charge in [0.15, 0.2) is 0 Å². The van der Waals surface area contributed by atoms with Crippen molar-refractivity contribution in [3.8, 4) is 0 Å². The molecular weight excluding hydrogens is 151 g/mol. The summed E-state index contributed by atoms with van der Waals surface area (Å²) in [5.74, 6) is 0. The molecule has 4 N–H and O–H groups in total. The van der Waals surface area contributed by atoms with Gasteiger partial charge in [-0.2, -0.15) is 0 Å². The normalized spacial score (nSPS) is 12.4. The van der Waals surface area contributed by atoms with Crippen LogP contribution >= 0.6 is 0 Å². The maximum atomic E-state index is 9.10. The third-order valence-electron chi connectivity index (χ3n) is 1.46. The lowest BCUT2D eigenvalue weighted by atomic mass is 9.79. The summed E-state index contributed by atoms with van der Waals surface area (Å²) in [7, 11) is 1.20. The van der Waals surface area contributed by atoms with Crippen LogP contribution in [0.3, 0.4) is 0 Å². The van der Waals surface area contributed by atoms with Crippen molar-refractivity contribution in [2.24, 2.45) is 5.73 Å². The standard InChI is InChI=1S/C8H17BN2O/c1-3-4-5-8(10)6-7-9(12)11-2/h4-6,11-12H,3,7,10H2,1-2H3/b5-4-,8-6+. The van der Waals surface area contributed by atoms with Crippen LogP contribution in [-0.2, 0) is 0 Å². The van der Waals surface area contributed by atoms with Crippen molar-refractivity contribution in [2.75, 3.05) is 7.05 Å². The predicted molar refractivity (Wildman–Crippen MR) is 53.5 cm³/mol. The van der Waals surface area contributed by atoms with Gasteiger partial charge in [0.05, 0.1) is 0 Å². The van der Waals surface area contributed by atoms with Crippen LogP contribution in [0.5, 0.6) is 0 Å². The Balaban J connectivity index is 3.75. The molecule has 0 rings (SSSR count). The molecular formula is C8H17BN2O. The summed E-state index contributed by atoms with van der Waals surface area (Å²) >= 11 is 0. The maximum Gasteiger partial charge on any atom is 0.380 e. The quantitative estimate of drug-likeness (QED) is 0.413. The summed E-state index contributed by atoms with van der Waals surface area (Å²) in [4.78, 5) is 0. The average molecular weight is 168 g/mol. The first-order chi connectivity index (χ1) is 5.70. The lowest BCUT2D eigenvalue weighted by molar-refractivity contribution is 0.559. The molecule has 0 aromatic carbocycles. The van der Waals surface area contributed by atoms with E-state index in [0.717, 1.165) is 6.42 Å². The van der Waals surface area contributed by atoms with Gasteiger partial charge in [0.25, 0.3) is 0 Å². The Morgan fingerprint density at radius 1 is 1.67 bits per heavy atom. The molecule has 0 aromatic rings. The SMILES string of the molecule is CC/C=C\C(N)=C/CB(O)NC. The highest BCUT2D eigenvalue weighted by atomic mass is 16.2. The van der Waals surface area contributed by atoms with E-state index in [9.17, 15) is 0 Å². The van der Waals surface area contributed by atoms with Gasteiger partial charge in [0.2, 0.25) is 0 Å². The summed E-state index contributed by atoms with van der Waals surface area (Å²) < 4.78 is 0. The third-order valence-corrected chi connectivity index (χ3v) is 1.46. The summed E-state index contributed by atoms with van der Waals surface area (Å²) in [6.07, 6.45) is 7.15. The molecule has 68 valence electrons. The molecule has 12 heavy (non-hydrogen) atoms. The number of nitrogens with one attached hydrogen (secondary N) is 1. The molecule has 0 saturated heterocycles. The molecule has 0 aliphatic rings. The molecule has 4 heteroatoms. The highest BCUT2D eigenvalue weighted by Crippen LogP contribution is 1.94. The maximum absolute atomic E-state index is 9.10. The minimum atomic E-state index is -0.501. The molecule has 3 nitrogen and oxygen atoms in total. The van der Waals surface area contributed by atoms with Gasteiger partial charge >= 0.3 is 7.05 Å². The van der Waals surface area contributed by atoms with Crippen molar-refractivity contribution in [2.45, 2.75) is 19.7 Å². The van der Waals surface area contributed by atoms with Crippen molar-refractivity contribution in [3.63, 3.8) is 0 Å². The van der Waals surface area contributed by atoms with Crippen LogP contribution in [0.25, 0.3) is 0 Å². The van der Waals surface area contributed by atoms with Crippen LogP contribution in [0.2, 0.25) is 6.32 Å². The second-order valence-corrected chi connectivity index (χ2v) is 2.55. The van der Waals surface area contributed by atoms with Gasteiger partial charge in [-0.15, -0.1) is 0 Å². The zero-order valence-corrected chi connectivity index (χ0v) is 7.75. The van der Waals surface area contributed by atoms with Gasteiger partial charge in [0, 0.05) is 5.70 Å². The highest BCUT2D eigenvalue weighted by molar-refractivity contribution is 6.47. The first-order valence-electron chi connectivity index (χ1n) is 4.18. The van der Waals surface area contributed by atoms with Crippen molar-refractivity contribution in [1.29, 1.82) is 0 Å². The molecule has 0 fully saturated rings. The molecule has 0 unspecified atom stereocenters. The van der Waals surface area contributed by atoms with Gasteiger partial charge in [-0.1, -0.05) is 19.1 Å². The number of rotatable bonds is 5. The van der Waals surface area contributed by atoms with Gasteiger partial charge in [-0.3, -0.25) is 0 Å². The Kier molecular flexibility index (Phi) is 6.52. The molecule has 0 aliphatic heterocycles. The lowest BCUT2D eigenvalue weighted by Gasteiger charge is -1.99. The van der Waals surface area contributed by atoms with Crippen LogP contribution in [0.1, 0.15) is 13.3 Å². The second kappa shape index (κ2) is 6.94. The summed E-state index contributed by atoms with van der Waals surface area (Å²) in [6.45, 7) is 2.05. The summed E-state index contributed by atoms with van der Waals surface area (Å²) in [6, 6.07) is 0. The Morgan fingerprint density at radius 2 is 2.33 bits per heavy atom. The van der Waals surface area contributed by atoms with E-state index in [0.29, 0.717) is 12.0 Å².